The Hall–Kier alpha value is -2.94. The molecule has 0 saturated heterocycles. The van der Waals surface area contributed by atoms with Crippen LogP contribution in [-0.4, -0.2) is 31.4 Å². The summed E-state index contributed by atoms with van der Waals surface area (Å²) in [4.78, 5) is 26.7. The molecule has 3 rings (SSSR count). The molecule has 2 heterocycles. The normalized spacial score (nSPS) is 12.2. The fourth-order valence-electron chi connectivity index (χ4n) is 2.66. The monoisotopic (exact) mass is 360 g/mol. The molecule has 0 aliphatic carbocycles. The number of thiazole rings is 1. The van der Waals surface area contributed by atoms with Gasteiger partial charge in [-0.2, -0.15) is 9.38 Å². The smallest absolute Gasteiger partial charge is 0.372 e. The number of nitro groups is 1. The first kappa shape index (κ1) is 16.9. The zero-order chi connectivity index (χ0) is 17.8. The van der Waals surface area contributed by atoms with Crippen LogP contribution in [0.4, 0.5) is 11.6 Å². The Bertz CT molecular complexity index is 890. The van der Waals surface area contributed by atoms with Gasteiger partial charge in [0.25, 0.3) is 4.96 Å². The van der Waals surface area contributed by atoms with Crippen molar-refractivity contribution >= 4 is 33.9 Å². The van der Waals surface area contributed by atoms with Gasteiger partial charge < -0.3 is 20.5 Å². The lowest BCUT2D eigenvalue weighted by Gasteiger charge is -2.17. The molecule has 0 bridgehead atoms. The van der Waals surface area contributed by atoms with Crippen LogP contribution in [0.15, 0.2) is 41.9 Å². The summed E-state index contributed by atoms with van der Waals surface area (Å²) in [5.41, 5.74) is 1.02. The largest absolute Gasteiger partial charge is 0.481 e. The molecule has 0 radical (unpaired) electrons. The minimum Gasteiger partial charge on any atom is -0.481 e. The van der Waals surface area contributed by atoms with E-state index in [2.05, 4.69) is 10.3 Å². The molecule has 9 heteroatoms. The van der Waals surface area contributed by atoms with Crippen LogP contribution in [0.2, 0.25) is 0 Å². The van der Waals surface area contributed by atoms with E-state index in [0.717, 1.165) is 5.56 Å². The Morgan fingerprint density at radius 2 is 2.16 bits per heavy atom. The average molecular weight is 360 g/mol. The van der Waals surface area contributed by atoms with Crippen molar-refractivity contribution in [2.24, 2.45) is 0 Å². The third kappa shape index (κ3) is 3.94. The average Bonchev–Trinajstić information content (AvgIpc) is 3.13. The van der Waals surface area contributed by atoms with Gasteiger partial charge in [0.05, 0.1) is 0 Å². The van der Waals surface area contributed by atoms with Crippen molar-refractivity contribution < 1.29 is 14.8 Å². The molecule has 130 valence electrons. The van der Waals surface area contributed by atoms with E-state index in [1.165, 1.54) is 15.7 Å². The molecule has 0 aliphatic rings. The van der Waals surface area contributed by atoms with Gasteiger partial charge >= 0.3 is 11.8 Å². The first-order chi connectivity index (χ1) is 12.0. The van der Waals surface area contributed by atoms with Gasteiger partial charge in [-0.15, -0.1) is 0 Å². The molecule has 1 atom stereocenters. The number of benzene rings is 1. The zero-order valence-corrected chi connectivity index (χ0v) is 14.0. The van der Waals surface area contributed by atoms with E-state index < -0.39 is 10.9 Å². The summed E-state index contributed by atoms with van der Waals surface area (Å²) < 4.78 is 1.42. The van der Waals surface area contributed by atoms with Gasteiger partial charge in [0, 0.05) is 17.8 Å². The molecule has 25 heavy (non-hydrogen) atoms. The van der Waals surface area contributed by atoms with Gasteiger partial charge in [-0.25, -0.2) is 0 Å². The zero-order valence-electron chi connectivity index (χ0n) is 13.2. The Kier molecular flexibility index (Phi) is 4.94. The van der Waals surface area contributed by atoms with Gasteiger partial charge in [-0.1, -0.05) is 41.7 Å². The standard InChI is InChI=1S/C16H16N4O4S/c21-13(22)7-6-12(10-11-4-2-1-3-5-11)17-14-15(20(23)24)19-8-9-25-16(19)18-14/h1-5,8-9,12,17H,6-7,10H2,(H,21,22). The van der Waals surface area contributed by atoms with Crippen molar-refractivity contribution in [1.29, 1.82) is 0 Å². The van der Waals surface area contributed by atoms with Crippen molar-refractivity contribution in [3.8, 4) is 0 Å². The topological polar surface area (TPSA) is 110 Å². The molecule has 0 saturated carbocycles. The minimum atomic E-state index is -0.903. The molecular weight excluding hydrogens is 344 g/mol. The minimum absolute atomic E-state index is 0.0273. The molecule has 8 nitrogen and oxygen atoms in total. The highest BCUT2D eigenvalue weighted by Gasteiger charge is 2.25. The van der Waals surface area contributed by atoms with E-state index in [4.69, 9.17) is 5.11 Å². The molecule has 2 N–H and O–H groups in total. The van der Waals surface area contributed by atoms with Crippen LogP contribution in [0.25, 0.3) is 4.96 Å². The summed E-state index contributed by atoms with van der Waals surface area (Å²) in [7, 11) is 0. The molecule has 1 aromatic carbocycles. The number of hydrogen-bond donors (Lipinski definition) is 2. The van der Waals surface area contributed by atoms with Crippen molar-refractivity contribution in [3.05, 3.63) is 57.6 Å². The Morgan fingerprint density at radius 1 is 1.40 bits per heavy atom. The fourth-order valence-corrected chi connectivity index (χ4v) is 3.37. The SMILES string of the molecule is O=C(O)CCC(Cc1ccccc1)Nc1nc2sccn2c1[N+](=O)[O-]. The van der Waals surface area contributed by atoms with Crippen molar-refractivity contribution in [2.75, 3.05) is 5.32 Å². The quantitative estimate of drug-likeness (QED) is 0.471. The number of carboxylic acid groups (broad SMARTS) is 1. The predicted octanol–water partition coefficient (Wildman–Crippen LogP) is 3.19. The molecule has 0 aliphatic heterocycles. The number of nitrogens with one attached hydrogen (secondary N) is 1. The van der Waals surface area contributed by atoms with Crippen molar-refractivity contribution in [3.63, 3.8) is 0 Å². The van der Waals surface area contributed by atoms with Crippen LogP contribution < -0.4 is 5.32 Å². The molecule has 2 aromatic heterocycles. The maximum atomic E-state index is 11.4. The Labute approximate surface area is 146 Å². The first-order valence-corrected chi connectivity index (χ1v) is 8.54. The lowest BCUT2D eigenvalue weighted by Crippen LogP contribution is -2.24. The van der Waals surface area contributed by atoms with Gasteiger partial charge in [0.15, 0.2) is 0 Å². The van der Waals surface area contributed by atoms with Crippen molar-refractivity contribution in [2.45, 2.75) is 25.3 Å². The van der Waals surface area contributed by atoms with Gasteiger partial charge in [0.2, 0.25) is 5.82 Å². The number of aliphatic carboxylic acids is 1. The lowest BCUT2D eigenvalue weighted by atomic mass is 10.0. The molecule has 0 fully saturated rings. The molecular formula is C16H16N4O4S. The predicted molar refractivity (Wildman–Crippen MR) is 94.1 cm³/mol. The second-order valence-corrected chi connectivity index (χ2v) is 6.43. The summed E-state index contributed by atoms with van der Waals surface area (Å²) in [6.07, 6.45) is 2.46. The summed E-state index contributed by atoms with van der Waals surface area (Å²) in [6, 6.07) is 9.31. The van der Waals surface area contributed by atoms with E-state index in [-0.39, 0.29) is 24.1 Å². The van der Waals surface area contributed by atoms with E-state index in [1.54, 1.807) is 11.6 Å². The van der Waals surface area contributed by atoms with Crippen LogP contribution >= 0.6 is 11.3 Å². The summed E-state index contributed by atoms with van der Waals surface area (Å²) >= 11 is 1.30. The number of fused-ring (bicyclic) bond motifs is 1. The third-order valence-electron chi connectivity index (χ3n) is 3.78. The Balaban J connectivity index is 1.86. The number of nitrogens with zero attached hydrogens (tertiary/aromatic N) is 3. The van der Waals surface area contributed by atoms with E-state index in [9.17, 15) is 14.9 Å². The van der Waals surface area contributed by atoms with E-state index in [0.29, 0.717) is 17.8 Å². The second-order valence-electron chi connectivity index (χ2n) is 5.56. The number of hydrogen-bond acceptors (Lipinski definition) is 6. The maximum absolute atomic E-state index is 11.4. The Morgan fingerprint density at radius 3 is 2.84 bits per heavy atom. The third-order valence-corrected chi connectivity index (χ3v) is 4.54. The van der Waals surface area contributed by atoms with Crippen molar-refractivity contribution in [1.82, 2.24) is 9.38 Å². The highest BCUT2D eigenvalue weighted by atomic mass is 32.1. The van der Waals surface area contributed by atoms with Crippen LogP contribution in [0.5, 0.6) is 0 Å². The van der Waals surface area contributed by atoms with Crippen LogP contribution in [0.3, 0.4) is 0 Å². The van der Waals surface area contributed by atoms with Gasteiger partial charge in [-0.3, -0.25) is 4.79 Å². The highest BCUT2D eigenvalue weighted by molar-refractivity contribution is 7.15. The van der Waals surface area contributed by atoms with Crippen LogP contribution in [-0.2, 0) is 11.2 Å². The fraction of sp³-hybridized carbons (Fsp3) is 0.250. The number of aromatic nitrogens is 2. The maximum Gasteiger partial charge on any atom is 0.372 e. The molecule has 0 spiro atoms. The summed E-state index contributed by atoms with van der Waals surface area (Å²) in [6.45, 7) is 0. The number of rotatable bonds is 8. The van der Waals surface area contributed by atoms with E-state index >= 15 is 0 Å². The van der Waals surface area contributed by atoms with Gasteiger partial charge in [0.1, 0.15) is 6.20 Å². The highest BCUT2D eigenvalue weighted by Crippen LogP contribution is 2.29. The van der Waals surface area contributed by atoms with Gasteiger partial charge in [-0.05, 0) is 23.3 Å². The van der Waals surface area contributed by atoms with Crippen LogP contribution in [0, 0.1) is 10.1 Å². The second kappa shape index (κ2) is 7.31. The van der Waals surface area contributed by atoms with Crippen LogP contribution in [0.1, 0.15) is 18.4 Å². The number of anilines is 1. The number of imidazole rings is 1. The molecule has 1 unspecified atom stereocenters. The van der Waals surface area contributed by atoms with E-state index in [1.807, 2.05) is 30.3 Å². The molecule has 0 amide bonds. The number of carboxylic acids is 1. The lowest BCUT2D eigenvalue weighted by molar-refractivity contribution is -0.389. The summed E-state index contributed by atoms with van der Waals surface area (Å²) in [5.74, 6) is -0.868. The first-order valence-electron chi connectivity index (χ1n) is 7.67. The number of carbonyl (C=O) groups is 1. The summed E-state index contributed by atoms with van der Waals surface area (Å²) in [5, 5.41) is 25.2. The molecule has 3 aromatic rings.